The van der Waals surface area contributed by atoms with Crippen LogP contribution in [0.15, 0.2) is 22.3 Å². The number of thiazole rings is 1. The topological polar surface area (TPSA) is 91.4 Å². The third-order valence-electron chi connectivity index (χ3n) is 2.59. The molecule has 2 rings (SSSR count). The van der Waals surface area contributed by atoms with E-state index in [4.69, 9.17) is 10.5 Å². The first-order valence-electron chi connectivity index (χ1n) is 6.43. The maximum atomic E-state index is 12.4. The average molecular weight is 338 g/mol. The predicted octanol–water partition coefficient (Wildman–Crippen LogP) is -0.371. The summed E-state index contributed by atoms with van der Waals surface area (Å²) in [6.45, 7) is 1.64. The summed E-state index contributed by atoms with van der Waals surface area (Å²) in [5.74, 6) is -1.22. The van der Waals surface area contributed by atoms with Crippen LogP contribution in [0.3, 0.4) is 0 Å². The number of aromatic nitrogens is 1. The summed E-state index contributed by atoms with van der Waals surface area (Å²) in [7, 11) is 0. The van der Waals surface area contributed by atoms with Gasteiger partial charge in [0.15, 0.2) is 0 Å². The Labute approximate surface area is 133 Å². The molecule has 6 nitrogen and oxygen atoms in total. The third kappa shape index (κ3) is 3.92. The van der Waals surface area contributed by atoms with E-state index in [-0.39, 0.29) is 18.7 Å². The summed E-state index contributed by atoms with van der Waals surface area (Å²) in [5.41, 5.74) is 4.81. The summed E-state index contributed by atoms with van der Waals surface area (Å²) in [6.07, 6.45) is 2.92. The van der Waals surface area contributed by atoms with E-state index in [1.807, 2.05) is 17.5 Å². The fourth-order valence-corrected chi connectivity index (χ4v) is 3.49. The molecule has 0 spiro atoms. The molecule has 2 aromatic rings. The van der Waals surface area contributed by atoms with Crippen LogP contribution >= 0.6 is 22.7 Å². The quantitative estimate of drug-likeness (QED) is 0.753. The number of nitrogens with two attached hydrogens (primary N) is 1. The highest BCUT2D eigenvalue weighted by molar-refractivity contribution is 7.11. The number of amides is 1. The van der Waals surface area contributed by atoms with Crippen molar-refractivity contribution in [2.45, 2.75) is 13.5 Å². The molecule has 2 N–H and O–H groups in total. The van der Waals surface area contributed by atoms with Gasteiger partial charge in [0.25, 0.3) is 5.56 Å². The van der Waals surface area contributed by atoms with Crippen molar-refractivity contribution in [1.29, 1.82) is 0 Å². The van der Waals surface area contributed by atoms with Gasteiger partial charge in [0.1, 0.15) is 11.2 Å². The highest BCUT2D eigenvalue weighted by atomic mass is 32.1. The first-order chi connectivity index (χ1) is 10.5. The van der Waals surface area contributed by atoms with E-state index in [1.165, 1.54) is 22.0 Å². The van der Waals surface area contributed by atoms with Crippen molar-refractivity contribution in [3.8, 4) is 0 Å². The Morgan fingerprint density at radius 2 is 2.23 bits per heavy atom. The van der Waals surface area contributed by atoms with Crippen LogP contribution in [0.5, 0.6) is 0 Å². The van der Waals surface area contributed by atoms with Gasteiger partial charge in [0.05, 0.1) is 17.2 Å². The Kier molecular flexibility index (Phi) is 5.29. The number of nitrogens with zero attached hydrogens (tertiary/aromatic N) is 1. The predicted molar refractivity (Wildman–Crippen MR) is 86.0 cm³/mol. The van der Waals surface area contributed by atoms with Gasteiger partial charge in [-0.25, -0.2) is 4.79 Å². The molecular formula is C14H14N2O4S2. The van der Waals surface area contributed by atoms with E-state index < -0.39 is 11.9 Å². The zero-order valence-corrected chi connectivity index (χ0v) is 13.4. The zero-order valence-electron chi connectivity index (χ0n) is 11.8. The van der Waals surface area contributed by atoms with Gasteiger partial charge in [0.2, 0.25) is 5.91 Å². The second-order valence-electron chi connectivity index (χ2n) is 4.22. The van der Waals surface area contributed by atoms with Crippen molar-refractivity contribution in [1.82, 2.24) is 4.57 Å². The highest BCUT2D eigenvalue weighted by Gasteiger charge is 2.09. The van der Waals surface area contributed by atoms with E-state index in [0.29, 0.717) is 9.20 Å². The molecule has 0 aliphatic carbocycles. The SMILES string of the molecule is CCOC(=O)/C=c1/s/c(=C/c2cccs2)c(=O)n1CC(N)=O. The standard InChI is InChI=1S/C14H14N2O4S2/c1-2-20-13(18)7-12-16(8-11(15)17)14(19)10(22-12)6-9-4-3-5-21-9/h3-7H,2,8H2,1H3,(H2,15,17)/b10-6+,12-7+. The van der Waals surface area contributed by atoms with Crippen molar-refractivity contribution in [2.75, 3.05) is 6.61 Å². The lowest BCUT2D eigenvalue weighted by molar-refractivity contribution is -0.135. The van der Waals surface area contributed by atoms with Crippen LogP contribution in [0.25, 0.3) is 12.2 Å². The molecule has 0 bridgehead atoms. The number of rotatable bonds is 5. The molecule has 8 heteroatoms. The lowest BCUT2D eigenvalue weighted by atomic mass is 10.4. The van der Waals surface area contributed by atoms with Crippen LogP contribution in [-0.4, -0.2) is 23.1 Å². The summed E-state index contributed by atoms with van der Waals surface area (Å²) in [6, 6.07) is 3.74. The summed E-state index contributed by atoms with van der Waals surface area (Å²) in [5, 5.41) is 1.90. The molecule has 0 saturated carbocycles. The minimum absolute atomic E-state index is 0.231. The minimum atomic E-state index is -0.652. The number of hydrogen-bond donors (Lipinski definition) is 1. The van der Waals surface area contributed by atoms with Crippen LogP contribution in [0, 0.1) is 0 Å². The van der Waals surface area contributed by atoms with Gasteiger partial charge in [-0.3, -0.25) is 14.2 Å². The molecule has 0 radical (unpaired) electrons. The molecule has 0 unspecified atom stereocenters. The van der Waals surface area contributed by atoms with E-state index in [9.17, 15) is 14.4 Å². The van der Waals surface area contributed by atoms with Gasteiger partial charge in [-0.2, -0.15) is 0 Å². The molecule has 2 aromatic heterocycles. The van der Waals surface area contributed by atoms with Gasteiger partial charge in [-0.15, -0.1) is 22.7 Å². The number of ether oxygens (including phenoxy) is 1. The molecular weight excluding hydrogens is 324 g/mol. The van der Waals surface area contributed by atoms with Crippen molar-refractivity contribution in [3.63, 3.8) is 0 Å². The summed E-state index contributed by atoms with van der Waals surface area (Å²) in [4.78, 5) is 36.0. The first-order valence-corrected chi connectivity index (χ1v) is 8.12. The van der Waals surface area contributed by atoms with E-state index in [2.05, 4.69) is 0 Å². The van der Waals surface area contributed by atoms with Crippen LogP contribution < -0.4 is 20.5 Å². The summed E-state index contributed by atoms with van der Waals surface area (Å²) >= 11 is 2.60. The maximum Gasteiger partial charge on any atom is 0.333 e. The number of hydrogen-bond acceptors (Lipinski definition) is 6. The van der Waals surface area contributed by atoms with Gasteiger partial charge in [0, 0.05) is 4.88 Å². The van der Waals surface area contributed by atoms with Gasteiger partial charge in [-0.05, 0) is 24.4 Å². The minimum Gasteiger partial charge on any atom is -0.463 e. The Morgan fingerprint density at radius 3 is 2.82 bits per heavy atom. The fraction of sp³-hybridized carbons (Fsp3) is 0.214. The molecule has 116 valence electrons. The van der Waals surface area contributed by atoms with Gasteiger partial charge in [-0.1, -0.05) is 6.07 Å². The molecule has 0 saturated heterocycles. The fourth-order valence-electron chi connectivity index (χ4n) is 1.74. The first kappa shape index (κ1) is 16.2. The smallest absolute Gasteiger partial charge is 0.333 e. The maximum absolute atomic E-state index is 12.4. The number of carbonyl (C=O) groups excluding carboxylic acids is 2. The monoisotopic (exact) mass is 338 g/mol. The molecule has 0 aromatic carbocycles. The van der Waals surface area contributed by atoms with Crippen molar-refractivity contribution in [3.05, 3.63) is 41.9 Å². The average Bonchev–Trinajstić information content (AvgIpc) is 3.03. The number of thiophene rings is 1. The van der Waals surface area contributed by atoms with Crippen LogP contribution in [0.4, 0.5) is 0 Å². The second kappa shape index (κ2) is 7.19. The number of carbonyl (C=O) groups is 2. The highest BCUT2D eigenvalue weighted by Crippen LogP contribution is 2.08. The Balaban J connectivity index is 2.60. The van der Waals surface area contributed by atoms with Crippen LogP contribution in [0.1, 0.15) is 11.8 Å². The van der Waals surface area contributed by atoms with Crippen molar-refractivity contribution in [2.24, 2.45) is 5.73 Å². The normalized spacial score (nSPS) is 12.6. The molecule has 22 heavy (non-hydrogen) atoms. The van der Waals surface area contributed by atoms with Crippen molar-refractivity contribution < 1.29 is 14.3 Å². The van der Waals surface area contributed by atoms with E-state index in [0.717, 1.165) is 16.2 Å². The second-order valence-corrected chi connectivity index (χ2v) is 6.26. The molecule has 0 aliphatic heterocycles. The largest absolute Gasteiger partial charge is 0.463 e. The molecule has 1 amide bonds. The molecule has 0 fully saturated rings. The Hall–Kier alpha value is -2.19. The van der Waals surface area contributed by atoms with Crippen molar-refractivity contribution >= 4 is 46.7 Å². The van der Waals surface area contributed by atoms with E-state index >= 15 is 0 Å². The van der Waals surface area contributed by atoms with Gasteiger partial charge >= 0.3 is 5.97 Å². The number of primary amides is 1. The zero-order chi connectivity index (χ0) is 16.1. The molecule has 2 heterocycles. The molecule has 0 atom stereocenters. The number of esters is 1. The Bertz CT molecular complexity index is 847. The van der Waals surface area contributed by atoms with E-state index in [1.54, 1.807) is 13.0 Å². The lowest BCUT2D eigenvalue weighted by Gasteiger charge is -1.98. The Morgan fingerprint density at radius 1 is 1.45 bits per heavy atom. The summed E-state index contributed by atoms with van der Waals surface area (Å²) < 4.78 is 6.79. The molecule has 0 aliphatic rings. The lowest BCUT2D eigenvalue weighted by Crippen LogP contribution is -2.36. The van der Waals surface area contributed by atoms with Crippen LogP contribution in [0.2, 0.25) is 0 Å². The van der Waals surface area contributed by atoms with Crippen LogP contribution in [-0.2, 0) is 20.9 Å². The van der Waals surface area contributed by atoms with Gasteiger partial charge < -0.3 is 10.5 Å². The third-order valence-corrected chi connectivity index (χ3v) is 4.47.